The zero-order chi connectivity index (χ0) is 14.0. The summed E-state index contributed by atoms with van der Waals surface area (Å²) in [5.74, 6) is 0.917. The molecule has 102 valence electrons. The minimum absolute atomic E-state index is 0.917. The summed E-state index contributed by atoms with van der Waals surface area (Å²) in [6.45, 7) is 9.39. The summed E-state index contributed by atoms with van der Waals surface area (Å²) in [7, 11) is 0. The van der Waals surface area contributed by atoms with E-state index in [-0.39, 0.29) is 0 Å². The van der Waals surface area contributed by atoms with Gasteiger partial charge in [-0.05, 0) is 50.5 Å². The Morgan fingerprint density at radius 3 is 2.42 bits per heavy atom. The lowest BCUT2D eigenvalue weighted by molar-refractivity contribution is 0.686. The number of anilines is 2. The first-order valence-corrected chi connectivity index (χ1v) is 7.38. The molecule has 1 heterocycles. The van der Waals surface area contributed by atoms with Crippen molar-refractivity contribution in [3.8, 4) is 0 Å². The van der Waals surface area contributed by atoms with Gasteiger partial charge in [-0.2, -0.15) is 0 Å². The van der Waals surface area contributed by atoms with Crippen LogP contribution < -0.4 is 5.32 Å². The van der Waals surface area contributed by atoms with E-state index >= 15 is 0 Å². The van der Waals surface area contributed by atoms with Crippen LogP contribution in [-0.2, 0) is 6.54 Å². The topological polar surface area (TPSA) is 29.9 Å². The molecule has 0 radical (unpaired) electrons. The molecule has 0 spiro atoms. The molecule has 1 aromatic heterocycles. The average Bonchev–Trinajstić information content (AvgIpc) is 2.67. The van der Waals surface area contributed by atoms with Gasteiger partial charge in [0.05, 0.1) is 5.69 Å². The van der Waals surface area contributed by atoms with Crippen LogP contribution in [0.1, 0.15) is 30.2 Å². The van der Waals surface area contributed by atoms with Crippen molar-refractivity contribution in [2.24, 2.45) is 0 Å². The van der Waals surface area contributed by atoms with E-state index < -0.39 is 0 Å². The van der Waals surface area contributed by atoms with Gasteiger partial charge in [0.25, 0.3) is 0 Å². The van der Waals surface area contributed by atoms with Crippen LogP contribution in [0.15, 0.2) is 22.8 Å². The van der Waals surface area contributed by atoms with E-state index in [0.29, 0.717) is 0 Å². The van der Waals surface area contributed by atoms with E-state index in [2.05, 4.69) is 69.9 Å². The molecule has 0 saturated carbocycles. The number of imidazole rings is 1. The number of benzene rings is 1. The summed E-state index contributed by atoms with van der Waals surface area (Å²) >= 11 is 3.59. The van der Waals surface area contributed by atoms with Crippen molar-refractivity contribution >= 4 is 27.6 Å². The third-order valence-corrected chi connectivity index (χ3v) is 4.30. The van der Waals surface area contributed by atoms with Crippen molar-refractivity contribution in [2.75, 3.05) is 5.32 Å². The van der Waals surface area contributed by atoms with Crippen LogP contribution in [0.3, 0.4) is 0 Å². The maximum atomic E-state index is 4.55. The van der Waals surface area contributed by atoms with Crippen molar-refractivity contribution in [1.29, 1.82) is 0 Å². The maximum absolute atomic E-state index is 4.55. The van der Waals surface area contributed by atoms with E-state index in [0.717, 1.165) is 30.3 Å². The minimum atomic E-state index is 0.917. The van der Waals surface area contributed by atoms with Gasteiger partial charge in [-0.1, -0.05) is 22.9 Å². The lowest BCUT2D eigenvalue weighted by Crippen LogP contribution is -2.03. The van der Waals surface area contributed by atoms with Crippen LogP contribution >= 0.6 is 15.9 Å². The second-order valence-corrected chi connectivity index (χ2v) is 5.74. The van der Waals surface area contributed by atoms with Crippen molar-refractivity contribution in [3.63, 3.8) is 0 Å². The van der Waals surface area contributed by atoms with Gasteiger partial charge in [0, 0.05) is 22.9 Å². The minimum Gasteiger partial charge on any atom is -0.326 e. The Balaban J connectivity index is 2.30. The standard InChI is InChI=1S/C15H20BrN3/c1-5-6-19-9-12(4)17-15(19)18-13-7-10(2)14(16)11(3)8-13/h7-9H,5-6H2,1-4H3,(H,17,18). The third kappa shape index (κ3) is 3.18. The number of hydrogen-bond acceptors (Lipinski definition) is 2. The molecule has 0 amide bonds. The molecule has 3 nitrogen and oxygen atoms in total. The summed E-state index contributed by atoms with van der Waals surface area (Å²) in [5, 5.41) is 3.42. The number of nitrogens with one attached hydrogen (secondary N) is 1. The van der Waals surface area contributed by atoms with Crippen molar-refractivity contribution in [3.05, 3.63) is 39.6 Å². The lowest BCUT2D eigenvalue weighted by atomic mass is 10.1. The molecule has 0 aliphatic rings. The van der Waals surface area contributed by atoms with Crippen LogP contribution in [0.4, 0.5) is 11.6 Å². The molecule has 0 atom stereocenters. The Morgan fingerprint density at radius 2 is 1.84 bits per heavy atom. The Morgan fingerprint density at radius 1 is 1.21 bits per heavy atom. The van der Waals surface area contributed by atoms with Gasteiger partial charge in [0.1, 0.15) is 0 Å². The molecule has 2 rings (SSSR count). The van der Waals surface area contributed by atoms with Gasteiger partial charge in [-0.3, -0.25) is 0 Å². The average molecular weight is 322 g/mol. The first-order chi connectivity index (χ1) is 9.01. The lowest BCUT2D eigenvalue weighted by Gasteiger charge is -2.11. The molecular weight excluding hydrogens is 302 g/mol. The fourth-order valence-corrected chi connectivity index (χ4v) is 2.43. The molecule has 1 aromatic carbocycles. The molecule has 0 bridgehead atoms. The van der Waals surface area contributed by atoms with Crippen LogP contribution in [0.25, 0.3) is 0 Å². The summed E-state index contributed by atoms with van der Waals surface area (Å²) in [6.07, 6.45) is 3.19. The second kappa shape index (κ2) is 5.78. The van der Waals surface area contributed by atoms with Crippen LogP contribution in [0.5, 0.6) is 0 Å². The van der Waals surface area contributed by atoms with Crippen LogP contribution in [0.2, 0.25) is 0 Å². The number of rotatable bonds is 4. The molecule has 0 aliphatic heterocycles. The number of aryl methyl sites for hydroxylation is 4. The van der Waals surface area contributed by atoms with E-state index in [1.165, 1.54) is 15.6 Å². The van der Waals surface area contributed by atoms with Crippen LogP contribution in [-0.4, -0.2) is 9.55 Å². The van der Waals surface area contributed by atoms with Crippen molar-refractivity contribution in [2.45, 2.75) is 40.7 Å². The van der Waals surface area contributed by atoms with E-state index in [1.54, 1.807) is 0 Å². The number of halogens is 1. The van der Waals surface area contributed by atoms with Gasteiger partial charge in [0.15, 0.2) is 0 Å². The molecular formula is C15H20BrN3. The number of nitrogens with zero attached hydrogens (tertiary/aromatic N) is 2. The smallest absolute Gasteiger partial charge is 0.207 e. The summed E-state index contributed by atoms with van der Waals surface area (Å²) in [6, 6.07) is 4.27. The highest BCUT2D eigenvalue weighted by molar-refractivity contribution is 9.10. The molecule has 4 heteroatoms. The normalized spacial score (nSPS) is 10.8. The highest BCUT2D eigenvalue weighted by Crippen LogP contribution is 2.26. The summed E-state index contributed by atoms with van der Waals surface area (Å²) < 4.78 is 3.34. The van der Waals surface area contributed by atoms with Gasteiger partial charge >= 0.3 is 0 Å². The molecule has 2 aromatic rings. The van der Waals surface area contributed by atoms with Gasteiger partial charge in [0.2, 0.25) is 5.95 Å². The van der Waals surface area contributed by atoms with Crippen LogP contribution in [0, 0.1) is 20.8 Å². The van der Waals surface area contributed by atoms with E-state index in [1.807, 2.05) is 6.92 Å². The molecule has 0 saturated heterocycles. The first kappa shape index (κ1) is 14.1. The molecule has 19 heavy (non-hydrogen) atoms. The van der Waals surface area contributed by atoms with Crippen molar-refractivity contribution in [1.82, 2.24) is 9.55 Å². The SMILES string of the molecule is CCCn1cc(C)nc1Nc1cc(C)c(Br)c(C)c1. The number of aromatic nitrogens is 2. The maximum Gasteiger partial charge on any atom is 0.207 e. The molecule has 1 N–H and O–H groups in total. The summed E-state index contributed by atoms with van der Waals surface area (Å²) in [5.41, 5.74) is 4.59. The predicted molar refractivity (Wildman–Crippen MR) is 84.2 cm³/mol. The first-order valence-electron chi connectivity index (χ1n) is 6.58. The monoisotopic (exact) mass is 321 g/mol. The number of hydrogen-bond donors (Lipinski definition) is 1. The third-order valence-electron chi connectivity index (χ3n) is 3.05. The van der Waals surface area contributed by atoms with Gasteiger partial charge in [-0.25, -0.2) is 4.98 Å². The Hall–Kier alpha value is -1.29. The molecule has 0 unspecified atom stereocenters. The molecule has 0 aliphatic carbocycles. The fourth-order valence-electron chi connectivity index (χ4n) is 2.21. The zero-order valence-corrected chi connectivity index (χ0v) is 13.5. The highest BCUT2D eigenvalue weighted by atomic mass is 79.9. The van der Waals surface area contributed by atoms with Crippen molar-refractivity contribution < 1.29 is 0 Å². The van der Waals surface area contributed by atoms with Gasteiger partial charge in [-0.15, -0.1) is 0 Å². The quantitative estimate of drug-likeness (QED) is 0.882. The zero-order valence-electron chi connectivity index (χ0n) is 11.9. The Kier molecular flexibility index (Phi) is 4.30. The Labute approximate surface area is 123 Å². The highest BCUT2D eigenvalue weighted by Gasteiger charge is 2.07. The van der Waals surface area contributed by atoms with E-state index in [9.17, 15) is 0 Å². The predicted octanol–water partition coefficient (Wildman–Crippen LogP) is 4.72. The second-order valence-electron chi connectivity index (χ2n) is 4.95. The summed E-state index contributed by atoms with van der Waals surface area (Å²) in [4.78, 5) is 4.55. The molecule has 0 fully saturated rings. The van der Waals surface area contributed by atoms with Gasteiger partial charge < -0.3 is 9.88 Å². The largest absolute Gasteiger partial charge is 0.326 e. The van der Waals surface area contributed by atoms with E-state index in [4.69, 9.17) is 0 Å². The fraction of sp³-hybridized carbons (Fsp3) is 0.400. The Bertz CT molecular complexity index is 564.